The largest absolute Gasteiger partial charge is 0.388 e. The SMILES string of the molecule is O[C@H]1Cc2ccccc2Sc2ccc(F)cc21. The zero-order valence-corrected chi connectivity index (χ0v) is 9.88. The highest BCUT2D eigenvalue weighted by Crippen LogP contribution is 2.40. The molecule has 2 aromatic rings. The van der Waals surface area contributed by atoms with E-state index in [4.69, 9.17) is 0 Å². The van der Waals surface area contributed by atoms with E-state index in [0.717, 1.165) is 15.4 Å². The first-order chi connectivity index (χ1) is 8.24. The van der Waals surface area contributed by atoms with Crippen molar-refractivity contribution in [1.29, 1.82) is 0 Å². The molecule has 3 rings (SSSR count). The van der Waals surface area contributed by atoms with Gasteiger partial charge in [0.25, 0.3) is 0 Å². The van der Waals surface area contributed by atoms with E-state index in [0.29, 0.717) is 12.0 Å². The highest BCUT2D eigenvalue weighted by Gasteiger charge is 2.20. The highest BCUT2D eigenvalue weighted by atomic mass is 32.2. The van der Waals surface area contributed by atoms with Crippen LogP contribution < -0.4 is 0 Å². The van der Waals surface area contributed by atoms with Crippen LogP contribution in [-0.4, -0.2) is 5.11 Å². The number of hydrogen-bond donors (Lipinski definition) is 1. The topological polar surface area (TPSA) is 20.2 Å². The van der Waals surface area contributed by atoms with Gasteiger partial charge in [-0.3, -0.25) is 0 Å². The molecule has 1 N–H and O–H groups in total. The first-order valence-corrected chi connectivity index (χ1v) is 6.29. The molecule has 0 spiro atoms. The number of aliphatic hydroxyl groups excluding tert-OH is 1. The standard InChI is InChI=1S/C14H11FOS/c15-10-5-6-14-11(8-10)12(16)7-9-3-1-2-4-13(9)17-14/h1-6,8,12,16H,7H2/t12-/m0/s1. The van der Waals surface area contributed by atoms with E-state index in [9.17, 15) is 9.50 Å². The fourth-order valence-corrected chi connectivity index (χ4v) is 3.20. The third-order valence-electron chi connectivity index (χ3n) is 2.94. The van der Waals surface area contributed by atoms with Crippen LogP contribution in [0, 0.1) is 5.82 Å². The minimum absolute atomic E-state index is 0.297. The summed E-state index contributed by atoms with van der Waals surface area (Å²) in [5.74, 6) is -0.297. The van der Waals surface area contributed by atoms with E-state index >= 15 is 0 Å². The average Bonchev–Trinajstić information content (AvgIpc) is 2.46. The Morgan fingerprint density at radius 3 is 2.82 bits per heavy atom. The highest BCUT2D eigenvalue weighted by molar-refractivity contribution is 7.99. The van der Waals surface area contributed by atoms with E-state index < -0.39 is 6.10 Å². The molecular weight excluding hydrogens is 235 g/mol. The third-order valence-corrected chi connectivity index (χ3v) is 4.15. The minimum Gasteiger partial charge on any atom is -0.388 e. The molecule has 0 amide bonds. The Bertz CT molecular complexity index is 568. The molecule has 0 bridgehead atoms. The number of benzene rings is 2. The van der Waals surface area contributed by atoms with Gasteiger partial charge in [0.05, 0.1) is 6.10 Å². The molecule has 3 heteroatoms. The van der Waals surface area contributed by atoms with Gasteiger partial charge in [0, 0.05) is 16.2 Å². The van der Waals surface area contributed by atoms with Crippen molar-refractivity contribution in [2.75, 3.05) is 0 Å². The zero-order chi connectivity index (χ0) is 11.8. The number of hydrogen-bond acceptors (Lipinski definition) is 2. The van der Waals surface area contributed by atoms with Crippen molar-refractivity contribution in [3.63, 3.8) is 0 Å². The smallest absolute Gasteiger partial charge is 0.123 e. The maximum atomic E-state index is 13.2. The van der Waals surface area contributed by atoms with Gasteiger partial charge >= 0.3 is 0 Å². The predicted octanol–water partition coefficient (Wildman–Crippen LogP) is 3.57. The molecule has 0 unspecified atom stereocenters. The minimum atomic E-state index is -0.628. The van der Waals surface area contributed by atoms with Crippen molar-refractivity contribution in [1.82, 2.24) is 0 Å². The number of rotatable bonds is 0. The summed E-state index contributed by atoms with van der Waals surface area (Å²) in [6.07, 6.45) is -0.0866. The summed E-state index contributed by atoms with van der Waals surface area (Å²) in [6, 6.07) is 12.6. The molecule has 0 fully saturated rings. The van der Waals surface area contributed by atoms with Crippen molar-refractivity contribution >= 4 is 11.8 Å². The lowest BCUT2D eigenvalue weighted by Gasteiger charge is -2.10. The second-order valence-corrected chi connectivity index (χ2v) is 5.20. The van der Waals surface area contributed by atoms with Crippen LogP contribution in [0.3, 0.4) is 0 Å². The van der Waals surface area contributed by atoms with E-state index in [1.54, 1.807) is 17.8 Å². The molecule has 0 aliphatic carbocycles. The molecule has 0 saturated heterocycles. The lowest BCUT2D eigenvalue weighted by atomic mass is 10.0. The Morgan fingerprint density at radius 1 is 1.12 bits per heavy atom. The fraction of sp³-hybridized carbons (Fsp3) is 0.143. The van der Waals surface area contributed by atoms with Crippen LogP contribution in [0.2, 0.25) is 0 Å². The van der Waals surface area contributed by atoms with Gasteiger partial charge in [-0.05, 0) is 35.4 Å². The quantitative estimate of drug-likeness (QED) is 0.767. The van der Waals surface area contributed by atoms with Crippen LogP contribution in [0.15, 0.2) is 52.3 Å². The number of fused-ring (bicyclic) bond motifs is 2. The molecule has 1 nitrogen and oxygen atoms in total. The van der Waals surface area contributed by atoms with E-state index in [1.165, 1.54) is 12.1 Å². The van der Waals surface area contributed by atoms with Crippen LogP contribution >= 0.6 is 11.8 Å². The molecule has 2 aromatic carbocycles. The van der Waals surface area contributed by atoms with Crippen LogP contribution in [0.25, 0.3) is 0 Å². The van der Waals surface area contributed by atoms with Crippen molar-refractivity contribution in [3.8, 4) is 0 Å². The second-order valence-electron chi connectivity index (χ2n) is 4.11. The van der Waals surface area contributed by atoms with Gasteiger partial charge in [-0.2, -0.15) is 0 Å². The molecular formula is C14H11FOS. The molecule has 0 aromatic heterocycles. The molecule has 86 valence electrons. The Morgan fingerprint density at radius 2 is 1.94 bits per heavy atom. The van der Waals surface area contributed by atoms with Gasteiger partial charge in [-0.25, -0.2) is 4.39 Å². The van der Waals surface area contributed by atoms with Crippen molar-refractivity contribution < 1.29 is 9.50 Å². The van der Waals surface area contributed by atoms with Crippen molar-refractivity contribution in [2.24, 2.45) is 0 Å². The normalized spacial score (nSPS) is 18.1. The molecule has 1 aliphatic rings. The Hall–Kier alpha value is -1.32. The summed E-state index contributed by atoms with van der Waals surface area (Å²) in [6.45, 7) is 0. The van der Waals surface area contributed by atoms with Gasteiger partial charge in [-0.15, -0.1) is 0 Å². The molecule has 0 saturated carbocycles. The second kappa shape index (κ2) is 4.17. The first kappa shape index (κ1) is 10.8. The summed E-state index contributed by atoms with van der Waals surface area (Å²) >= 11 is 1.59. The van der Waals surface area contributed by atoms with E-state index in [-0.39, 0.29) is 5.82 Å². The lowest BCUT2D eigenvalue weighted by molar-refractivity contribution is 0.175. The average molecular weight is 246 g/mol. The Balaban J connectivity index is 2.14. The van der Waals surface area contributed by atoms with Crippen LogP contribution in [0.4, 0.5) is 4.39 Å². The van der Waals surface area contributed by atoms with Crippen molar-refractivity contribution in [3.05, 3.63) is 59.4 Å². The van der Waals surface area contributed by atoms with Crippen LogP contribution in [0.5, 0.6) is 0 Å². The van der Waals surface area contributed by atoms with Gasteiger partial charge in [0.1, 0.15) is 5.82 Å². The third kappa shape index (κ3) is 1.96. The van der Waals surface area contributed by atoms with Gasteiger partial charge in [0.15, 0.2) is 0 Å². The Kier molecular flexibility index (Phi) is 2.65. The molecule has 1 atom stereocenters. The predicted molar refractivity (Wildman–Crippen MR) is 65.6 cm³/mol. The Labute approximate surface area is 103 Å². The lowest BCUT2D eigenvalue weighted by Crippen LogP contribution is -2.01. The summed E-state index contributed by atoms with van der Waals surface area (Å²) in [5.41, 5.74) is 1.80. The molecule has 0 radical (unpaired) electrons. The summed E-state index contributed by atoms with van der Waals surface area (Å²) in [7, 11) is 0. The summed E-state index contributed by atoms with van der Waals surface area (Å²) in [5, 5.41) is 10.1. The zero-order valence-electron chi connectivity index (χ0n) is 9.06. The summed E-state index contributed by atoms with van der Waals surface area (Å²) in [4.78, 5) is 2.07. The van der Waals surface area contributed by atoms with Gasteiger partial charge < -0.3 is 5.11 Å². The number of halogens is 1. The molecule has 1 aliphatic heterocycles. The van der Waals surface area contributed by atoms with Crippen LogP contribution in [0.1, 0.15) is 17.2 Å². The van der Waals surface area contributed by atoms with Crippen LogP contribution in [-0.2, 0) is 6.42 Å². The van der Waals surface area contributed by atoms with E-state index in [1.807, 2.05) is 24.3 Å². The summed E-state index contributed by atoms with van der Waals surface area (Å²) < 4.78 is 13.2. The molecule has 1 heterocycles. The maximum absolute atomic E-state index is 13.2. The fourth-order valence-electron chi connectivity index (χ4n) is 2.08. The monoisotopic (exact) mass is 246 g/mol. The first-order valence-electron chi connectivity index (χ1n) is 5.47. The van der Waals surface area contributed by atoms with Gasteiger partial charge in [0.2, 0.25) is 0 Å². The van der Waals surface area contributed by atoms with E-state index in [2.05, 4.69) is 0 Å². The molecule has 17 heavy (non-hydrogen) atoms. The maximum Gasteiger partial charge on any atom is 0.123 e. The van der Waals surface area contributed by atoms with Crippen molar-refractivity contribution in [2.45, 2.75) is 22.3 Å². The number of aliphatic hydroxyl groups is 1. The van der Waals surface area contributed by atoms with Gasteiger partial charge in [-0.1, -0.05) is 30.0 Å².